The van der Waals surface area contributed by atoms with Gasteiger partial charge in [0.15, 0.2) is 5.76 Å². The topological polar surface area (TPSA) is 72.3 Å². The second kappa shape index (κ2) is 4.61. The Morgan fingerprint density at radius 3 is 2.84 bits per heavy atom. The number of benzene rings is 1. The summed E-state index contributed by atoms with van der Waals surface area (Å²) in [6, 6.07) is 10.4. The van der Waals surface area contributed by atoms with E-state index in [9.17, 15) is 5.11 Å². The zero-order valence-corrected chi connectivity index (χ0v) is 10.3. The van der Waals surface area contributed by atoms with Crippen molar-refractivity contribution in [1.82, 2.24) is 10.1 Å². The first-order chi connectivity index (χ1) is 9.26. The number of nitrogens with zero attached hydrogens (tertiary/aromatic N) is 2. The van der Waals surface area contributed by atoms with Crippen LogP contribution < -0.4 is 0 Å². The number of phenolic OH excluding ortho intramolecular Hbond substituents is 1. The normalized spacial score (nSPS) is 10.8. The first kappa shape index (κ1) is 11.5. The number of aryl methyl sites for hydroxylation is 1. The second-order valence-corrected chi connectivity index (χ2v) is 4.09. The SMILES string of the molecule is CCc1ccc(-c2nc(-c3cccc(O)c3)no2)o1. The van der Waals surface area contributed by atoms with Crippen molar-refractivity contribution >= 4 is 0 Å². The Hall–Kier alpha value is -2.56. The Balaban J connectivity index is 1.95. The van der Waals surface area contributed by atoms with Crippen molar-refractivity contribution in [2.24, 2.45) is 0 Å². The van der Waals surface area contributed by atoms with Gasteiger partial charge in [-0.15, -0.1) is 0 Å². The quantitative estimate of drug-likeness (QED) is 0.778. The van der Waals surface area contributed by atoms with Crippen LogP contribution in [0.25, 0.3) is 23.0 Å². The van der Waals surface area contributed by atoms with E-state index in [0.29, 0.717) is 23.0 Å². The molecule has 1 aromatic carbocycles. The molecule has 3 aromatic rings. The Morgan fingerprint density at radius 2 is 2.11 bits per heavy atom. The summed E-state index contributed by atoms with van der Waals surface area (Å²) in [4.78, 5) is 4.26. The zero-order valence-electron chi connectivity index (χ0n) is 10.3. The fourth-order valence-electron chi connectivity index (χ4n) is 1.77. The molecule has 0 radical (unpaired) electrons. The van der Waals surface area contributed by atoms with Crippen LogP contribution in [0.3, 0.4) is 0 Å². The van der Waals surface area contributed by atoms with Gasteiger partial charge >= 0.3 is 0 Å². The highest BCUT2D eigenvalue weighted by molar-refractivity contribution is 5.59. The highest BCUT2D eigenvalue weighted by atomic mass is 16.5. The van der Waals surface area contributed by atoms with Crippen molar-refractivity contribution in [3.63, 3.8) is 0 Å². The van der Waals surface area contributed by atoms with Crippen LogP contribution in [-0.4, -0.2) is 15.2 Å². The van der Waals surface area contributed by atoms with Crippen LogP contribution >= 0.6 is 0 Å². The molecule has 0 atom stereocenters. The van der Waals surface area contributed by atoms with E-state index < -0.39 is 0 Å². The molecule has 2 heterocycles. The molecule has 0 bridgehead atoms. The second-order valence-electron chi connectivity index (χ2n) is 4.09. The fourth-order valence-corrected chi connectivity index (χ4v) is 1.77. The molecule has 0 aliphatic carbocycles. The van der Waals surface area contributed by atoms with Crippen LogP contribution in [0.1, 0.15) is 12.7 Å². The molecule has 0 saturated carbocycles. The van der Waals surface area contributed by atoms with E-state index in [0.717, 1.165) is 12.2 Å². The predicted octanol–water partition coefficient (Wildman–Crippen LogP) is 3.26. The highest BCUT2D eigenvalue weighted by Crippen LogP contribution is 2.25. The van der Waals surface area contributed by atoms with Gasteiger partial charge < -0.3 is 14.0 Å². The maximum Gasteiger partial charge on any atom is 0.293 e. The van der Waals surface area contributed by atoms with E-state index in [1.807, 2.05) is 13.0 Å². The lowest BCUT2D eigenvalue weighted by Crippen LogP contribution is -1.80. The summed E-state index contributed by atoms with van der Waals surface area (Å²) in [5.41, 5.74) is 0.692. The molecule has 5 heteroatoms. The van der Waals surface area contributed by atoms with Crippen molar-refractivity contribution in [1.29, 1.82) is 0 Å². The molecule has 0 amide bonds. The Bertz CT molecular complexity index is 700. The van der Waals surface area contributed by atoms with Crippen molar-refractivity contribution < 1.29 is 14.0 Å². The minimum absolute atomic E-state index is 0.162. The maximum atomic E-state index is 9.43. The number of furan rings is 1. The van der Waals surface area contributed by atoms with Gasteiger partial charge in [-0.1, -0.05) is 24.2 Å². The lowest BCUT2D eigenvalue weighted by atomic mass is 10.2. The Kier molecular flexibility index (Phi) is 2.79. The van der Waals surface area contributed by atoms with Crippen molar-refractivity contribution in [2.45, 2.75) is 13.3 Å². The number of hydrogen-bond acceptors (Lipinski definition) is 5. The smallest absolute Gasteiger partial charge is 0.293 e. The summed E-state index contributed by atoms with van der Waals surface area (Å²) in [6.45, 7) is 2.01. The minimum Gasteiger partial charge on any atom is -0.508 e. The van der Waals surface area contributed by atoms with Gasteiger partial charge in [0.25, 0.3) is 5.89 Å². The lowest BCUT2D eigenvalue weighted by Gasteiger charge is -1.94. The van der Waals surface area contributed by atoms with Crippen molar-refractivity contribution in [3.05, 3.63) is 42.2 Å². The number of aromatic hydroxyl groups is 1. The Labute approximate surface area is 109 Å². The van der Waals surface area contributed by atoms with Gasteiger partial charge in [-0.2, -0.15) is 4.98 Å². The molecule has 5 nitrogen and oxygen atoms in total. The minimum atomic E-state index is 0.162. The molecule has 3 rings (SSSR count). The van der Waals surface area contributed by atoms with Gasteiger partial charge in [0.05, 0.1) is 0 Å². The van der Waals surface area contributed by atoms with E-state index in [1.165, 1.54) is 0 Å². The summed E-state index contributed by atoms with van der Waals surface area (Å²) in [5.74, 6) is 2.33. The molecular weight excluding hydrogens is 244 g/mol. The molecule has 0 spiro atoms. The van der Waals surface area contributed by atoms with E-state index in [2.05, 4.69) is 10.1 Å². The molecule has 0 fully saturated rings. The first-order valence-electron chi connectivity index (χ1n) is 5.98. The molecule has 2 aromatic heterocycles. The third kappa shape index (κ3) is 2.22. The van der Waals surface area contributed by atoms with Crippen molar-refractivity contribution in [2.75, 3.05) is 0 Å². The highest BCUT2D eigenvalue weighted by Gasteiger charge is 2.14. The van der Waals surface area contributed by atoms with Crippen LogP contribution in [0.5, 0.6) is 5.75 Å². The van der Waals surface area contributed by atoms with E-state index in [-0.39, 0.29) is 5.75 Å². The summed E-state index contributed by atoms with van der Waals surface area (Å²) < 4.78 is 10.7. The first-order valence-corrected chi connectivity index (χ1v) is 5.98. The number of aromatic nitrogens is 2. The molecule has 0 aliphatic heterocycles. The van der Waals surface area contributed by atoms with Gasteiger partial charge in [-0.25, -0.2) is 0 Å². The molecule has 0 unspecified atom stereocenters. The average molecular weight is 256 g/mol. The third-order valence-corrected chi connectivity index (χ3v) is 2.75. The van der Waals surface area contributed by atoms with E-state index in [4.69, 9.17) is 8.94 Å². The molecule has 96 valence electrons. The summed E-state index contributed by atoms with van der Waals surface area (Å²) in [6.07, 6.45) is 0.813. The Morgan fingerprint density at radius 1 is 1.21 bits per heavy atom. The fraction of sp³-hybridized carbons (Fsp3) is 0.143. The van der Waals surface area contributed by atoms with Gasteiger partial charge in [-0.05, 0) is 24.3 Å². The molecule has 1 N–H and O–H groups in total. The molecular formula is C14H12N2O3. The van der Waals surface area contributed by atoms with Crippen LogP contribution in [0.4, 0.5) is 0 Å². The third-order valence-electron chi connectivity index (χ3n) is 2.75. The van der Waals surface area contributed by atoms with E-state index in [1.54, 1.807) is 30.3 Å². The average Bonchev–Trinajstić information content (AvgIpc) is 3.07. The predicted molar refractivity (Wildman–Crippen MR) is 68.5 cm³/mol. The monoisotopic (exact) mass is 256 g/mol. The number of rotatable bonds is 3. The lowest BCUT2D eigenvalue weighted by molar-refractivity contribution is 0.412. The van der Waals surface area contributed by atoms with Crippen LogP contribution in [0.15, 0.2) is 45.3 Å². The number of hydrogen-bond donors (Lipinski definition) is 1. The summed E-state index contributed by atoms with van der Waals surface area (Å²) in [5, 5.41) is 13.3. The van der Waals surface area contributed by atoms with Gasteiger partial charge in [0.2, 0.25) is 5.82 Å². The van der Waals surface area contributed by atoms with Crippen LogP contribution in [-0.2, 0) is 6.42 Å². The molecule has 0 aliphatic rings. The van der Waals surface area contributed by atoms with Gasteiger partial charge in [0, 0.05) is 12.0 Å². The summed E-state index contributed by atoms with van der Waals surface area (Å²) in [7, 11) is 0. The van der Waals surface area contributed by atoms with Crippen molar-refractivity contribution in [3.8, 4) is 28.8 Å². The maximum absolute atomic E-state index is 9.43. The molecule has 19 heavy (non-hydrogen) atoms. The number of phenols is 1. The van der Waals surface area contributed by atoms with Gasteiger partial charge in [-0.3, -0.25) is 0 Å². The molecule has 0 saturated heterocycles. The largest absolute Gasteiger partial charge is 0.508 e. The zero-order chi connectivity index (χ0) is 13.2. The van der Waals surface area contributed by atoms with Crippen LogP contribution in [0, 0.1) is 0 Å². The van der Waals surface area contributed by atoms with Gasteiger partial charge in [0.1, 0.15) is 11.5 Å². The van der Waals surface area contributed by atoms with E-state index >= 15 is 0 Å². The summed E-state index contributed by atoms with van der Waals surface area (Å²) >= 11 is 0. The standard InChI is InChI=1S/C14H12N2O3/c1-2-11-6-7-12(18-11)14-15-13(16-19-14)9-4-3-5-10(17)8-9/h3-8,17H,2H2,1H3. The van der Waals surface area contributed by atoms with Crippen LogP contribution in [0.2, 0.25) is 0 Å².